The number of amides is 2. The lowest BCUT2D eigenvalue weighted by Crippen LogP contribution is -2.40. The molecule has 1 aliphatic carbocycles. The number of hydrogen-bond acceptors (Lipinski definition) is 5. The van der Waals surface area contributed by atoms with Gasteiger partial charge in [-0.25, -0.2) is 13.5 Å². The molecule has 3 aliphatic rings. The van der Waals surface area contributed by atoms with Gasteiger partial charge in [0.15, 0.2) is 5.69 Å². The van der Waals surface area contributed by atoms with Gasteiger partial charge in [-0.15, -0.1) is 5.10 Å². The van der Waals surface area contributed by atoms with E-state index in [4.69, 9.17) is 4.74 Å². The van der Waals surface area contributed by atoms with Crippen molar-refractivity contribution in [2.45, 2.75) is 63.5 Å². The number of rotatable bonds is 6. The molecule has 3 fully saturated rings. The summed E-state index contributed by atoms with van der Waals surface area (Å²) in [7, 11) is 0. The number of carbonyl (C=O) groups is 2. The first-order valence-corrected chi connectivity index (χ1v) is 10.9. The SMILES string of the molecule is O=C(c1cn(C[C@@H]2CC(F)(F)CN2C(=O)CCC2CCCC2)nn1)N1CCOCC1. The van der Waals surface area contributed by atoms with Crippen LogP contribution in [0.1, 0.15) is 55.4 Å². The highest BCUT2D eigenvalue weighted by molar-refractivity contribution is 5.92. The van der Waals surface area contributed by atoms with Crippen LogP contribution in [0, 0.1) is 5.92 Å². The van der Waals surface area contributed by atoms with E-state index in [1.54, 1.807) is 4.90 Å². The number of alkyl halides is 2. The number of likely N-dealkylation sites (tertiary alicyclic amines) is 1. The first kappa shape index (κ1) is 21.1. The molecule has 1 atom stereocenters. The van der Waals surface area contributed by atoms with Crippen molar-refractivity contribution >= 4 is 11.8 Å². The molecule has 1 saturated carbocycles. The van der Waals surface area contributed by atoms with E-state index in [1.807, 2.05) is 0 Å². The van der Waals surface area contributed by atoms with Crippen LogP contribution in [0.2, 0.25) is 0 Å². The fraction of sp³-hybridized carbons (Fsp3) is 0.800. The van der Waals surface area contributed by atoms with Gasteiger partial charge in [-0.05, 0) is 12.3 Å². The van der Waals surface area contributed by atoms with Crippen molar-refractivity contribution < 1.29 is 23.1 Å². The third-order valence-electron chi connectivity index (χ3n) is 6.39. The zero-order valence-electron chi connectivity index (χ0n) is 17.1. The van der Waals surface area contributed by atoms with Crippen LogP contribution in [0.5, 0.6) is 0 Å². The van der Waals surface area contributed by atoms with Gasteiger partial charge in [0.25, 0.3) is 11.8 Å². The normalized spacial score (nSPS) is 24.5. The Morgan fingerprint density at radius 1 is 1.20 bits per heavy atom. The number of halogens is 2. The zero-order chi connectivity index (χ0) is 21.1. The summed E-state index contributed by atoms with van der Waals surface area (Å²) in [5.41, 5.74) is 0.181. The minimum Gasteiger partial charge on any atom is -0.378 e. The van der Waals surface area contributed by atoms with Gasteiger partial charge >= 0.3 is 0 Å². The summed E-state index contributed by atoms with van der Waals surface area (Å²) in [6.45, 7) is 1.50. The van der Waals surface area contributed by atoms with Crippen molar-refractivity contribution in [2.75, 3.05) is 32.8 Å². The molecule has 0 aromatic carbocycles. The highest BCUT2D eigenvalue weighted by Crippen LogP contribution is 2.34. The van der Waals surface area contributed by atoms with Crippen molar-refractivity contribution in [1.82, 2.24) is 24.8 Å². The van der Waals surface area contributed by atoms with Crippen molar-refractivity contribution in [3.63, 3.8) is 0 Å². The fourth-order valence-corrected chi connectivity index (χ4v) is 4.75. The predicted molar refractivity (Wildman–Crippen MR) is 103 cm³/mol. The number of hydrogen-bond donors (Lipinski definition) is 0. The van der Waals surface area contributed by atoms with Crippen LogP contribution in [0.15, 0.2) is 6.20 Å². The summed E-state index contributed by atoms with van der Waals surface area (Å²) in [5.74, 6) is -2.82. The second-order valence-corrected chi connectivity index (χ2v) is 8.66. The molecule has 2 amide bonds. The van der Waals surface area contributed by atoms with Crippen molar-refractivity contribution in [3.05, 3.63) is 11.9 Å². The predicted octanol–water partition coefficient (Wildman–Crippen LogP) is 1.96. The Kier molecular flexibility index (Phi) is 6.31. The lowest BCUT2D eigenvalue weighted by Gasteiger charge is -2.25. The van der Waals surface area contributed by atoms with E-state index < -0.39 is 24.9 Å². The van der Waals surface area contributed by atoms with Crippen LogP contribution in [-0.4, -0.2) is 81.4 Å². The van der Waals surface area contributed by atoms with Crippen LogP contribution < -0.4 is 0 Å². The highest BCUT2D eigenvalue weighted by atomic mass is 19.3. The molecule has 0 bridgehead atoms. The Morgan fingerprint density at radius 3 is 2.67 bits per heavy atom. The number of ether oxygens (including phenoxy) is 1. The molecule has 0 radical (unpaired) electrons. The van der Waals surface area contributed by atoms with E-state index in [0.29, 0.717) is 38.6 Å². The molecule has 0 N–H and O–H groups in total. The topological polar surface area (TPSA) is 80.6 Å². The third kappa shape index (κ3) is 4.96. The Morgan fingerprint density at radius 2 is 1.93 bits per heavy atom. The van der Waals surface area contributed by atoms with Gasteiger partial charge in [-0.1, -0.05) is 30.9 Å². The molecular weight excluding hydrogens is 396 g/mol. The maximum Gasteiger partial charge on any atom is 0.276 e. The van der Waals surface area contributed by atoms with Gasteiger partial charge < -0.3 is 14.5 Å². The van der Waals surface area contributed by atoms with E-state index in [1.165, 1.54) is 28.6 Å². The number of morpholine rings is 1. The third-order valence-corrected chi connectivity index (χ3v) is 6.39. The van der Waals surface area contributed by atoms with Gasteiger partial charge in [-0.2, -0.15) is 0 Å². The number of nitrogens with zero attached hydrogens (tertiary/aromatic N) is 5. The Balaban J connectivity index is 1.37. The van der Waals surface area contributed by atoms with E-state index >= 15 is 0 Å². The maximum atomic E-state index is 14.1. The summed E-state index contributed by atoms with van der Waals surface area (Å²) in [6.07, 6.45) is 6.83. The largest absolute Gasteiger partial charge is 0.378 e. The molecule has 166 valence electrons. The lowest BCUT2D eigenvalue weighted by atomic mass is 10.0. The van der Waals surface area contributed by atoms with Crippen molar-refractivity contribution in [2.24, 2.45) is 5.92 Å². The molecule has 10 heteroatoms. The van der Waals surface area contributed by atoms with Gasteiger partial charge in [0, 0.05) is 25.9 Å². The molecule has 1 aromatic heterocycles. The monoisotopic (exact) mass is 425 g/mol. The summed E-state index contributed by atoms with van der Waals surface area (Å²) < 4.78 is 34.9. The second kappa shape index (κ2) is 8.95. The molecular formula is C20H29F2N5O3. The van der Waals surface area contributed by atoms with Crippen LogP contribution in [0.25, 0.3) is 0 Å². The molecule has 4 rings (SSSR count). The molecule has 30 heavy (non-hydrogen) atoms. The van der Waals surface area contributed by atoms with Gasteiger partial charge in [0.2, 0.25) is 5.91 Å². The summed E-state index contributed by atoms with van der Waals surface area (Å²) in [6, 6.07) is -0.649. The maximum absolute atomic E-state index is 14.1. The molecule has 0 spiro atoms. The first-order valence-electron chi connectivity index (χ1n) is 10.9. The minimum atomic E-state index is -2.90. The molecule has 3 heterocycles. The van der Waals surface area contributed by atoms with Gasteiger partial charge in [0.1, 0.15) is 0 Å². The van der Waals surface area contributed by atoms with Crippen LogP contribution in [0.3, 0.4) is 0 Å². The number of carbonyl (C=O) groups excluding carboxylic acids is 2. The molecule has 2 aliphatic heterocycles. The fourth-order valence-electron chi connectivity index (χ4n) is 4.75. The number of aromatic nitrogens is 3. The Bertz CT molecular complexity index is 759. The van der Waals surface area contributed by atoms with Gasteiger partial charge in [-0.3, -0.25) is 9.59 Å². The highest BCUT2D eigenvalue weighted by Gasteiger charge is 2.47. The lowest BCUT2D eigenvalue weighted by molar-refractivity contribution is -0.133. The standard InChI is InChI=1S/C20H29F2N5O3/c21-20(22)11-16(27(14-20)18(28)6-5-15-3-1-2-4-15)12-26-13-17(23-24-26)19(29)25-7-9-30-10-8-25/h13,15-16H,1-12,14H2/t16-/m0/s1. The molecule has 8 nitrogen and oxygen atoms in total. The summed E-state index contributed by atoms with van der Waals surface area (Å²) in [4.78, 5) is 28.1. The average molecular weight is 425 g/mol. The average Bonchev–Trinajstić information content (AvgIpc) is 3.47. The molecule has 2 saturated heterocycles. The van der Waals surface area contributed by atoms with Crippen LogP contribution in [-0.2, 0) is 16.1 Å². The quantitative estimate of drug-likeness (QED) is 0.696. The zero-order valence-corrected chi connectivity index (χ0v) is 17.1. The van der Waals surface area contributed by atoms with Crippen molar-refractivity contribution in [1.29, 1.82) is 0 Å². The smallest absolute Gasteiger partial charge is 0.276 e. The van der Waals surface area contributed by atoms with E-state index in [2.05, 4.69) is 10.3 Å². The van der Waals surface area contributed by atoms with E-state index in [0.717, 1.165) is 19.3 Å². The summed E-state index contributed by atoms with van der Waals surface area (Å²) in [5, 5.41) is 7.87. The first-order chi connectivity index (χ1) is 14.4. The van der Waals surface area contributed by atoms with Crippen molar-refractivity contribution in [3.8, 4) is 0 Å². The summed E-state index contributed by atoms with van der Waals surface area (Å²) >= 11 is 0. The molecule has 0 unspecified atom stereocenters. The Hall–Kier alpha value is -2.10. The second-order valence-electron chi connectivity index (χ2n) is 8.66. The van der Waals surface area contributed by atoms with Crippen LogP contribution in [0.4, 0.5) is 8.78 Å². The van der Waals surface area contributed by atoms with Crippen LogP contribution >= 0.6 is 0 Å². The van der Waals surface area contributed by atoms with E-state index in [9.17, 15) is 18.4 Å². The minimum absolute atomic E-state index is 0.105. The Labute approximate surface area is 174 Å². The van der Waals surface area contributed by atoms with E-state index in [-0.39, 0.29) is 24.1 Å². The molecule has 1 aromatic rings. The van der Waals surface area contributed by atoms with Gasteiger partial charge in [0.05, 0.1) is 38.5 Å².